The van der Waals surface area contributed by atoms with Gasteiger partial charge in [0.15, 0.2) is 0 Å². The fourth-order valence-corrected chi connectivity index (χ4v) is 2.29. The number of ether oxygens (including phenoxy) is 1. The third-order valence-electron chi connectivity index (χ3n) is 3.55. The Morgan fingerprint density at radius 3 is 2.35 bits per heavy atom. The highest BCUT2D eigenvalue weighted by atomic mass is 16.5. The molecule has 96 valence electrons. The molecule has 17 heavy (non-hydrogen) atoms. The van der Waals surface area contributed by atoms with Gasteiger partial charge in [-0.3, -0.25) is 0 Å². The van der Waals surface area contributed by atoms with Crippen molar-refractivity contribution in [3.05, 3.63) is 28.8 Å². The summed E-state index contributed by atoms with van der Waals surface area (Å²) in [6.07, 6.45) is 0. The second kappa shape index (κ2) is 6.06. The van der Waals surface area contributed by atoms with Crippen LogP contribution in [0.25, 0.3) is 0 Å². The predicted octanol–water partition coefficient (Wildman–Crippen LogP) is 3.41. The lowest BCUT2D eigenvalue weighted by atomic mass is 9.89. The minimum absolute atomic E-state index is 0.492. The zero-order chi connectivity index (χ0) is 13.0. The molecule has 0 aromatic heterocycles. The quantitative estimate of drug-likeness (QED) is 0.844. The van der Waals surface area contributed by atoms with Gasteiger partial charge in [-0.25, -0.2) is 0 Å². The van der Waals surface area contributed by atoms with Crippen LogP contribution in [0.2, 0.25) is 0 Å². The first-order chi connectivity index (χ1) is 8.01. The van der Waals surface area contributed by atoms with E-state index in [4.69, 9.17) is 4.74 Å². The lowest BCUT2D eigenvalue weighted by Gasteiger charge is -2.23. The number of likely N-dealkylation sites (N-methyl/N-ethyl adjacent to an activating group) is 1. The zero-order valence-corrected chi connectivity index (χ0v) is 11.9. The number of nitrogens with one attached hydrogen (secondary N) is 1. The van der Waals surface area contributed by atoms with E-state index in [-0.39, 0.29) is 0 Å². The van der Waals surface area contributed by atoms with Gasteiger partial charge >= 0.3 is 0 Å². The number of aryl methyl sites for hydroxylation is 2. The van der Waals surface area contributed by atoms with Crippen LogP contribution in [0.5, 0.6) is 5.75 Å². The first-order valence-corrected chi connectivity index (χ1v) is 6.39. The highest BCUT2D eigenvalue weighted by Crippen LogP contribution is 2.29. The molecule has 2 unspecified atom stereocenters. The van der Waals surface area contributed by atoms with Gasteiger partial charge in [-0.05, 0) is 56.0 Å². The van der Waals surface area contributed by atoms with Crippen molar-refractivity contribution in [2.75, 3.05) is 13.7 Å². The molecule has 0 aliphatic carbocycles. The summed E-state index contributed by atoms with van der Waals surface area (Å²) in [7, 11) is 1.73. The van der Waals surface area contributed by atoms with Crippen molar-refractivity contribution in [1.29, 1.82) is 0 Å². The highest BCUT2D eigenvalue weighted by Gasteiger charge is 2.16. The van der Waals surface area contributed by atoms with Crippen LogP contribution in [0.3, 0.4) is 0 Å². The van der Waals surface area contributed by atoms with E-state index >= 15 is 0 Å². The molecule has 0 bridgehead atoms. The SMILES string of the molecule is CCNC(C)C(C)c1cc(C)c(OC)cc1C. The van der Waals surface area contributed by atoms with Gasteiger partial charge < -0.3 is 10.1 Å². The van der Waals surface area contributed by atoms with Gasteiger partial charge in [0, 0.05) is 6.04 Å². The van der Waals surface area contributed by atoms with E-state index < -0.39 is 0 Å². The Hall–Kier alpha value is -1.02. The van der Waals surface area contributed by atoms with Crippen molar-refractivity contribution >= 4 is 0 Å². The highest BCUT2D eigenvalue weighted by molar-refractivity contribution is 5.43. The minimum atomic E-state index is 0.492. The minimum Gasteiger partial charge on any atom is -0.496 e. The number of benzene rings is 1. The third kappa shape index (κ3) is 3.22. The van der Waals surface area contributed by atoms with Gasteiger partial charge in [-0.2, -0.15) is 0 Å². The Labute approximate surface area is 105 Å². The first kappa shape index (κ1) is 14.0. The first-order valence-electron chi connectivity index (χ1n) is 6.39. The molecular formula is C15H25NO. The van der Waals surface area contributed by atoms with E-state index in [0.29, 0.717) is 12.0 Å². The molecule has 0 saturated carbocycles. The van der Waals surface area contributed by atoms with Crippen LogP contribution < -0.4 is 10.1 Å². The molecule has 1 N–H and O–H groups in total. The number of hydrogen-bond acceptors (Lipinski definition) is 2. The molecule has 0 heterocycles. The number of hydrogen-bond donors (Lipinski definition) is 1. The summed E-state index contributed by atoms with van der Waals surface area (Å²) in [6, 6.07) is 4.89. The van der Waals surface area contributed by atoms with Crippen LogP contribution in [0.4, 0.5) is 0 Å². The second-order valence-corrected chi connectivity index (χ2v) is 4.81. The van der Waals surface area contributed by atoms with Gasteiger partial charge in [0.1, 0.15) is 5.75 Å². The molecular weight excluding hydrogens is 210 g/mol. The largest absolute Gasteiger partial charge is 0.496 e. The van der Waals surface area contributed by atoms with Crippen LogP contribution in [-0.4, -0.2) is 19.7 Å². The molecule has 0 spiro atoms. The van der Waals surface area contributed by atoms with E-state index in [1.807, 2.05) is 0 Å². The molecule has 1 rings (SSSR count). The third-order valence-corrected chi connectivity index (χ3v) is 3.55. The van der Waals surface area contributed by atoms with E-state index in [9.17, 15) is 0 Å². The maximum Gasteiger partial charge on any atom is 0.122 e. The van der Waals surface area contributed by atoms with Crippen molar-refractivity contribution in [2.45, 2.75) is 46.6 Å². The fourth-order valence-electron chi connectivity index (χ4n) is 2.29. The number of methoxy groups -OCH3 is 1. The van der Waals surface area contributed by atoms with Crippen LogP contribution in [-0.2, 0) is 0 Å². The Kier molecular flexibility index (Phi) is 5.01. The van der Waals surface area contributed by atoms with E-state index in [0.717, 1.165) is 12.3 Å². The van der Waals surface area contributed by atoms with Gasteiger partial charge in [0.25, 0.3) is 0 Å². The Morgan fingerprint density at radius 1 is 1.18 bits per heavy atom. The molecule has 0 aliphatic heterocycles. The molecule has 0 fully saturated rings. The summed E-state index contributed by atoms with van der Waals surface area (Å²) in [6.45, 7) is 11.9. The lowest BCUT2D eigenvalue weighted by Crippen LogP contribution is -2.30. The van der Waals surface area contributed by atoms with Crippen LogP contribution in [0, 0.1) is 13.8 Å². The maximum atomic E-state index is 5.35. The standard InChI is InChI=1S/C15H25NO/c1-7-16-13(5)12(4)14-8-11(3)15(17-6)9-10(14)2/h8-9,12-13,16H,7H2,1-6H3. The molecule has 0 saturated heterocycles. The van der Waals surface area contributed by atoms with Gasteiger partial charge in [-0.15, -0.1) is 0 Å². The van der Waals surface area contributed by atoms with E-state index in [1.165, 1.54) is 16.7 Å². The summed E-state index contributed by atoms with van der Waals surface area (Å²) in [5, 5.41) is 3.49. The average Bonchev–Trinajstić information content (AvgIpc) is 2.31. The molecule has 1 aromatic rings. The Balaban J connectivity index is 3.01. The summed E-state index contributed by atoms with van der Waals surface area (Å²) < 4.78 is 5.35. The summed E-state index contributed by atoms with van der Waals surface area (Å²) in [5.41, 5.74) is 3.94. The van der Waals surface area contributed by atoms with Gasteiger partial charge in [-0.1, -0.05) is 19.9 Å². The van der Waals surface area contributed by atoms with Gasteiger partial charge in [0.2, 0.25) is 0 Å². The summed E-state index contributed by atoms with van der Waals surface area (Å²) in [4.78, 5) is 0. The zero-order valence-electron chi connectivity index (χ0n) is 11.9. The Bertz CT molecular complexity index is 373. The van der Waals surface area contributed by atoms with Crippen molar-refractivity contribution < 1.29 is 4.74 Å². The molecule has 0 aliphatic rings. The smallest absolute Gasteiger partial charge is 0.122 e. The topological polar surface area (TPSA) is 21.3 Å². The van der Waals surface area contributed by atoms with Crippen molar-refractivity contribution in [3.8, 4) is 5.75 Å². The average molecular weight is 235 g/mol. The van der Waals surface area contributed by atoms with Gasteiger partial charge in [0.05, 0.1) is 7.11 Å². The van der Waals surface area contributed by atoms with Crippen molar-refractivity contribution in [1.82, 2.24) is 5.32 Å². The summed E-state index contributed by atoms with van der Waals surface area (Å²) in [5.74, 6) is 1.49. The number of rotatable bonds is 5. The molecule has 1 aromatic carbocycles. The molecule has 0 amide bonds. The normalized spacial score (nSPS) is 14.5. The van der Waals surface area contributed by atoms with E-state index in [1.54, 1.807) is 7.11 Å². The molecule has 0 radical (unpaired) electrons. The second-order valence-electron chi connectivity index (χ2n) is 4.81. The fraction of sp³-hybridized carbons (Fsp3) is 0.600. The summed E-state index contributed by atoms with van der Waals surface area (Å²) >= 11 is 0. The Morgan fingerprint density at radius 2 is 1.82 bits per heavy atom. The van der Waals surface area contributed by atoms with Crippen molar-refractivity contribution in [2.24, 2.45) is 0 Å². The monoisotopic (exact) mass is 235 g/mol. The lowest BCUT2D eigenvalue weighted by molar-refractivity contribution is 0.410. The van der Waals surface area contributed by atoms with E-state index in [2.05, 4.69) is 52.1 Å². The maximum absolute atomic E-state index is 5.35. The van der Waals surface area contributed by atoms with Crippen LogP contribution in [0.15, 0.2) is 12.1 Å². The molecule has 2 nitrogen and oxygen atoms in total. The van der Waals surface area contributed by atoms with Crippen LogP contribution >= 0.6 is 0 Å². The molecule has 2 heteroatoms. The van der Waals surface area contributed by atoms with Crippen LogP contribution in [0.1, 0.15) is 43.4 Å². The van der Waals surface area contributed by atoms with Crippen molar-refractivity contribution in [3.63, 3.8) is 0 Å². The molecule has 2 atom stereocenters. The predicted molar refractivity (Wildman–Crippen MR) is 74.0 cm³/mol.